The SMILES string of the molecule is CCOC(=O)C(C#N)c1ccc(C)cn1. The van der Waals surface area contributed by atoms with E-state index >= 15 is 0 Å². The molecule has 0 saturated carbocycles. The first-order valence-corrected chi connectivity index (χ1v) is 4.67. The van der Waals surface area contributed by atoms with Gasteiger partial charge in [-0.05, 0) is 25.5 Å². The Balaban J connectivity index is 2.89. The molecule has 0 saturated heterocycles. The van der Waals surface area contributed by atoms with Gasteiger partial charge in [-0.15, -0.1) is 0 Å². The average molecular weight is 204 g/mol. The summed E-state index contributed by atoms with van der Waals surface area (Å²) in [6.45, 7) is 3.86. The van der Waals surface area contributed by atoms with Crippen molar-refractivity contribution in [2.75, 3.05) is 6.61 Å². The lowest BCUT2D eigenvalue weighted by atomic mass is 10.1. The smallest absolute Gasteiger partial charge is 0.329 e. The van der Waals surface area contributed by atoms with Crippen LogP contribution < -0.4 is 0 Å². The molecule has 0 aliphatic rings. The minimum atomic E-state index is -0.925. The molecule has 0 aromatic carbocycles. The predicted molar refractivity (Wildman–Crippen MR) is 54.0 cm³/mol. The summed E-state index contributed by atoms with van der Waals surface area (Å²) in [5.41, 5.74) is 1.42. The Morgan fingerprint density at radius 1 is 1.67 bits per heavy atom. The third-order valence-electron chi connectivity index (χ3n) is 1.88. The van der Waals surface area contributed by atoms with E-state index in [0.717, 1.165) is 5.56 Å². The maximum atomic E-state index is 11.4. The Labute approximate surface area is 88.5 Å². The molecule has 1 atom stereocenters. The van der Waals surface area contributed by atoms with Gasteiger partial charge in [0.2, 0.25) is 0 Å². The zero-order chi connectivity index (χ0) is 11.3. The van der Waals surface area contributed by atoms with Crippen molar-refractivity contribution in [3.8, 4) is 6.07 Å². The van der Waals surface area contributed by atoms with Gasteiger partial charge in [-0.25, -0.2) is 0 Å². The minimum absolute atomic E-state index is 0.267. The van der Waals surface area contributed by atoms with Crippen LogP contribution in [-0.4, -0.2) is 17.6 Å². The van der Waals surface area contributed by atoms with Crippen LogP contribution in [0.5, 0.6) is 0 Å². The van der Waals surface area contributed by atoms with Gasteiger partial charge in [0.1, 0.15) is 0 Å². The molecular weight excluding hydrogens is 192 g/mol. The van der Waals surface area contributed by atoms with Crippen LogP contribution in [0.25, 0.3) is 0 Å². The monoisotopic (exact) mass is 204 g/mol. The van der Waals surface area contributed by atoms with Crippen LogP contribution >= 0.6 is 0 Å². The van der Waals surface area contributed by atoms with Gasteiger partial charge in [0, 0.05) is 6.20 Å². The number of rotatable bonds is 3. The molecule has 0 aliphatic heterocycles. The van der Waals surface area contributed by atoms with Crippen LogP contribution in [0.15, 0.2) is 18.3 Å². The second-order valence-corrected chi connectivity index (χ2v) is 3.07. The summed E-state index contributed by atoms with van der Waals surface area (Å²) in [7, 11) is 0. The van der Waals surface area contributed by atoms with E-state index in [2.05, 4.69) is 4.98 Å². The van der Waals surface area contributed by atoms with Crippen molar-refractivity contribution in [3.05, 3.63) is 29.6 Å². The Hall–Kier alpha value is -1.89. The Bertz CT molecular complexity index is 379. The van der Waals surface area contributed by atoms with Crippen molar-refractivity contribution >= 4 is 5.97 Å². The third kappa shape index (κ3) is 2.78. The molecule has 0 N–H and O–H groups in total. The summed E-state index contributed by atoms with van der Waals surface area (Å²) in [5.74, 6) is -1.47. The first-order valence-electron chi connectivity index (χ1n) is 4.67. The number of aryl methyl sites for hydroxylation is 1. The molecule has 1 rings (SSSR count). The van der Waals surface area contributed by atoms with Crippen LogP contribution in [0.3, 0.4) is 0 Å². The molecule has 0 aliphatic carbocycles. The molecule has 1 unspecified atom stereocenters. The molecule has 1 heterocycles. The molecule has 0 fully saturated rings. The Morgan fingerprint density at radius 3 is 2.87 bits per heavy atom. The van der Waals surface area contributed by atoms with Crippen molar-refractivity contribution < 1.29 is 9.53 Å². The van der Waals surface area contributed by atoms with Crippen LogP contribution in [0.2, 0.25) is 0 Å². The van der Waals surface area contributed by atoms with E-state index in [1.165, 1.54) is 0 Å². The van der Waals surface area contributed by atoms with Gasteiger partial charge in [-0.2, -0.15) is 5.26 Å². The molecule has 0 amide bonds. The summed E-state index contributed by atoms with van der Waals surface area (Å²) in [6, 6.07) is 5.36. The summed E-state index contributed by atoms with van der Waals surface area (Å²) in [5, 5.41) is 8.85. The van der Waals surface area contributed by atoms with Crippen LogP contribution in [-0.2, 0) is 9.53 Å². The highest BCUT2D eigenvalue weighted by Gasteiger charge is 2.22. The number of aromatic nitrogens is 1. The Morgan fingerprint density at radius 2 is 2.40 bits per heavy atom. The van der Waals surface area contributed by atoms with Gasteiger partial charge >= 0.3 is 5.97 Å². The zero-order valence-electron chi connectivity index (χ0n) is 8.73. The van der Waals surface area contributed by atoms with Crippen molar-refractivity contribution in [2.24, 2.45) is 0 Å². The van der Waals surface area contributed by atoms with Gasteiger partial charge in [0.05, 0.1) is 18.4 Å². The quantitative estimate of drug-likeness (QED) is 0.701. The summed E-state index contributed by atoms with van der Waals surface area (Å²) in [6.07, 6.45) is 1.62. The number of esters is 1. The fraction of sp³-hybridized carbons (Fsp3) is 0.364. The third-order valence-corrected chi connectivity index (χ3v) is 1.88. The lowest BCUT2D eigenvalue weighted by Crippen LogP contribution is -2.15. The first-order chi connectivity index (χ1) is 7.19. The van der Waals surface area contributed by atoms with E-state index in [-0.39, 0.29) is 6.61 Å². The van der Waals surface area contributed by atoms with Crippen LogP contribution in [0.1, 0.15) is 24.1 Å². The molecule has 15 heavy (non-hydrogen) atoms. The lowest BCUT2D eigenvalue weighted by Gasteiger charge is -2.07. The molecule has 0 radical (unpaired) electrons. The Kier molecular flexibility index (Phi) is 3.81. The molecule has 4 heteroatoms. The highest BCUT2D eigenvalue weighted by atomic mass is 16.5. The second kappa shape index (κ2) is 5.11. The summed E-state index contributed by atoms with van der Waals surface area (Å²) < 4.78 is 4.78. The zero-order valence-corrected chi connectivity index (χ0v) is 8.73. The summed E-state index contributed by atoms with van der Waals surface area (Å²) >= 11 is 0. The standard InChI is InChI=1S/C11H12N2O2/c1-3-15-11(14)9(6-12)10-5-4-8(2)7-13-10/h4-5,7,9H,3H2,1-2H3. The molecule has 1 aromatic heterocycles. The van der Waals surface area contributed by atoms with Gasteiger partial charge < -0.3 is 4.74 Å². The van der Waals surface area contributed by atoms with E-state index in [1.54, 1.807) is 19.2 Å². The van der Waals surface area contributed by atoms with E-state index < -0.39 is 11.9 Å². The van der Waals surface area contributed by atoms with Gasteiger partial charge in [-0.3, -0.25) is 9.78 Å². The topological polar surface area (TPSA) is 63.0 Å². The highest BCUT2D eigenvalue weighted by Crippen LogP contribution is 2.14. The van der Waals surface area contributed by atoms with Crippen LogP contribution in [0.4, 0.5) is 0 Å². The number of pyridine rings is 1. The van der Waals surface area contributed by atoms with Gasteiger partial charge in [-0.1, -0.05) is 6.07 Å². The number of hydrogen-bond acceptors (Lipinski definition) is 4. The first kappa shape index (κ1) is 11.2. The lowest BCUT2D eigenvalue weighted by molar-refractivity contribution is -0.143. The number of nitriles is 1. The molecule has 4 nitrogen and oxygen atoms in total. The number of carbonyl (C=O) groups is 1. The fourth-order valence-corrected chi connectivity index (χ4v) is 1.12. The maximum Gasteiger partial charge on any atom is 0.329 e. The van der Waals surface area contributed by atoms with E-state index in [9.17, 15) is 4.79 Å². The van der Waals surface area contributed by atoms with E-state index in [0.29, 0.717) is 5.69 Å². The van der Waals surface area contributed by atoms with Gasteiger partial charge in [0.15, 0.2) is 5.92 Å². The molecule has 0 spiro atoms. The fourth-order valence-electron chi connectivity index (χ4n) is 1.12. The number of hydrogen-bond donors (Lipinski definition) is 0. The number of nitrogens with zero attached hydrogens (tertiary/aromatic N) is 2. The number of ether oxygens (including phenoxy) is 1. The normalized spacial score (nSPS) is 11.5. The highest BCUT2D eigenvalue weighted by molar-refractivity contribution is 5.80. The molecule has 78 valence electrons. The average Bonchev–Trinajstić information content (AvgIpc) is 2.22. The van der Waals surface area contributed by atoms with E-state index in [1.807, 2.05) is 19.1 Å². The molecular formula is C11H12N2O2. The maximum absolute atomic E-state index is 11.4. The summed E-state index contributed by atoms with van der Waals surface area (Å²) in [4.78, 5) is 15.4. The minimum Gasteiger partial charge on any atom is -0.465 e. The van der Waals surface area contributed by atoms with Gasteiger partial charge in [0.25, 0.3) is 0 Å². The number of carbonyl (C=O) groups excluding carboxylic acids is 1. The van der Waals surface area contributed by atoms with Crippen molar-refractivity contribution in [1.82, 2.24) is 4.98 Å². The van der Waals surface area contributed by atoms with E-state index in [4.69, 9.17) is 10.00 Å². The van der Waals surface area contributed by atoms with Crippen LogP contribution in [0, 0.1) is 18.3 Å². The second-order valence-electron chi connectivity index (χ2n) is 3.07. The molecule has 1 aromatic rings. The molecule has 0 bridgehead atoms. The largest absolute Gasteiger partial charge is 0.465 e. The van der Waals surface area contributed by atoms with Crippen molar-refractivity contribution in [2.45, 2.75) is 19.8 Å². The van der Waals surface area contributed by atoms with Crippen molar-refractivity contribution in [3.63, 3.8) is 0 Å². The van der Waals surface area contributed by atoms with Crippen molar-refractivity contribution in [1.29, 1.82) is 5.26 Å². The predicted octanol–water partition coefficient (Wildman–Crippen LogP) is 1.56.